The fraction of sp³-hybridized carbons (Fsp3) is 0.357. The molecule has 19 heavy (non-hydrogen) atoms. The summed E-state index contributed by atoms with van der Waals surface area (Å²) in [5.74, 6) is 1.64. The molecular formula is C14H14N4O. The minimum Gasteiger partial charge on any atom is -0.334 e. The molecule has 2 heterocycles. The summed E-state index contributed by atoms with van der Waals surface area (Å²) in [6, 6.07) is 9.33. The summed E-state index contributed by atoms with van der Waals surface area (Å²) in [7, 11) is 0. The van der Waals surface area contributed by atoms with E-state index in [-0.39, 0.29) is 0 Å². The Balaban J connectivity index is 1.86. The number of benzene rings is 1. The molecule has 0 amide bonds. The van der Waals surface area contributed by atoms with Gasteiger partial charge in [0.2, 0.25) is 0 Å². The monoisotopic (exact) mass is 254 g/mol. The first-order valence-corrected chi connectivity index (χ1v) is 6.41. The molecule has 1 aromatic heterocycles. The van der Waals surface area contributed by atoms with Gasteiger partial charge in [-0.2, -0.15) is 10.2 Å². The zero-order chi connectivity index (χ0) is 13.1. The average molecular weight is 254 g/mol. The van der Waals surface area contributed by atoms with Crippen LogP contribution in [0.1, 0.15) is 30.1 Å². The first kappa shape index (κ1) is 11.9. The van der Waals surface area contributed by atoms with E-state index in [2.05, 4.69) is 21.5 Å². The Morgan fingerprint density at radius 1 is 1.32 bits per heavy atom. The highest BCUT2D eigenvalue weighted by molar-refractivity contribution is 5.56. The van der Waals surface area contributed by atoms with E-state index in [1.54, 1.807) is 12.1 Å². The first-order chi connectivity index (χ1) is 9.36. The molecule has 0 saturated carbocycles. The van der Waals surface area contributed by atoms with Gasteiger partial charge in [-0.3, -0.25) is 0 Å². The molecule has 1 N–H and O–H groups in total. The second-order valence-corrected chi connectivity index (χ2v) is 4.67. The largest absolute Gasteiger partial charge is 0.334 e. The van der Waals surface area contributed by atoms with Gasteiger partial charge in [-0.05, 0) is 44.1 Å². The Labute approximate surface area is 111 Å². The molecule has 0 unspecified atom stereocenters. The van der Waals surface area contributed by atoms with Crippen molar-refractivity contribution in [1.82, 2.24) is 15.5 Å². The second-order valence-electron chi connectivity index (χ2n) is 4.67. The predicted octanol–water partition coefficient (Wildman–Crippen LogP) is 2.08. The van der Waals surface area contributed by atoms with Crippen LogP contribution in [0.2, 0.25) is 0 Å². The van der Waals surface area contributed by atoms with E-state index in [1.165, 1.54) is 0 Å². The van der Waals surface area contributed by atoms with Crippen LogP contribution in [-0.2, 0) is 0 Å². The molecular weight excluding hydrogens is 240 g/mol. The SMILES string of the molecule is N#Cc1cccc(-c2nc(C3CCNCC3)no2)c1. The minimum absolute atomic E-state index is 0.373. The van der Waals surface area contributed by atoms with Crippen LogP contribution < -0.4 is 5.32 Å². The zero-order valence-corrected chi connectivity index (χ0v) is 10.5. The average Bonchev–Trinajstić information content (AvgIpc) is 2.98. The van der Waals surface area contributed by atoms with Gasteiger partial charge >= 0.3 is 0 Å². The van der Waals surface area contributed by atoms with Crippen LogP contribution in [0.4, 0.5) is 0 Å². The number of piperidine rings is 1. The van der Waals surface area contributed by atoms with Crippen molar-refractivity contribution in [3.63, 3.8) is 0 Å². The lowest BCUT2D eigenvalue weighted by atomic mass is 9.98. The molecule has 0 aliphatic carbocycles. The molecule has 0 atom stereocenters. The van der Waals surface area contributed by atoms with E-state index >= 15 is 0 Å². The van der Waals surface area contributed by atoms with Crippen LogP contribution in [-0.4, -0.2) is 23.2 Å². The quantitative estimate of drug-likeness (QED) is 0.888. The maximum Gasteiger partial charge on any atom is 0.257 e. The minimum atomic E-state index is 0.373. The van der Waals surface area contributed by atoms with Crippen LogP contribution in [0.25, 0.3) is 11.5 Å². The van der Waals surface area contributed by atoms with Gasteiger partial charge in [0.25, 0.3) is 5.89 Å². The van der Waals surface area contributed by atoms with Crippen molar-refractivity contribution < 1.29 is 4.52 Å². The normalized spacial score (nSPS) is 16.2. The molecule has 0 bridgehead atoms. The lowest BCUT2D eigenvalue weighted by Gasteiger charge is -2.18. The Kier molecular flexibility index (Phi) is 3.25. The predicted molar refractivity (Wildman–Crippen MR) is 69.3 cm³/mol. The Bertz CT molecular complexity index is 608. The summed E-state index contributed by atoms with van der Waals surface area (Å²) < 4.78 is 5.31. The van der Waals surface area contributed by atoms with E-state index in [1.807, 2.05) is 12.1 Å². The topological polar surface area (TPSA) is 74.7 Å². The van der Waals surface area contributed by atoms with Gasteiger partial charge in [0.05, 0.1) is 11.6 Å². The van der Waals surface area contributed by atoms with Crippen molar-refractivity contribution >= 4 is 0 Å². The maximum absolute atomic E-state index is 8.89. The summed E-state index contributed by atoms with van der Waals surface area (Å²) in [6.07, 6.45) is 2.08. The van der Waals surface area contributed by atoms with Gasteiger partial charge < -0.3 is 9.84 Å². The van der Waals surface area contributed by atoms with E-state index in [9.17, 15) is 0 Å². The van der Waals surface area contributed by atoms with E-state index in [0.717, 1.165) is 37.3 Å². The second kappa shape index (κ2) is 5.21. The van der Waals surface area contributed by atoms with Gasteiger partial charge in [-0.15, -0.1) is 0 Å². The van der Waals surface area contributed by atoms with Gasteiger partial charge in [0.15, 0.2) is 5.82 Å². The number of nitrogens with one attached hydrogen (secondary N) is 1. The van der Waals surface area contributed by atoms with Crippen LogP contribution in [0.15, 0.2) is 28.8 Å². The fourth-order valence-electron chi connectivity index (χ4n) is 2.32. The van der Waals surface area contributed by atoms with Crippen LogP contribution >= 0.6 is 0 Å². The molecule has 96 valence electrons. The number of nitrogens with zero attached hydrogens (tertiary/aromatic N) is 3. The third-order valence-corrected chi connectivity index (χ3v) is 3.38. The molecule has 1 aliphatic heterocycles. The molecule has 5 nitrogen and oxygen atoms in total. The summed E-state index contributed by atoms with van der Waals surface area (Å²) in [4.78, 5) is 4.46. The number of hydrogen-bond acceptors (Lipinski definition) is 5. The zero-order valence-electron chi connectivity index (χ0n) is 10.5. The van der Waals surface area contributed by atoms with Crippen LogP contribution in [0.3, 0.4) is 0 Å². The third kappa shape index (κ3) is 2.49. The summed E-state index contributed by atoms with van der Waals surface area (Å²) in [6.45, 7) is 2.00. The molecule has 1 saturated heterocycles. The number of rotatable bonds is 2. The van der Waals surface area contributed by atoms with E-state index in [4.69, 9.17) is 9.78 Å². The summed E-state index contributed by atoms with van der Waals surface area (Å²) in [5.41, 5.74) is 1.39. The molecule has 2 aromatic rings. The molecule has 1 aliphatic rings. The van der Waals surface area contributed by atoms with Gasteiger partial charge in [0.1, 0.15) is 0 Å². The van der Waals surface area contributed by atoms with E-state index < -0.39 is 0 Å². The van der Waals surface area contributed by atoms with Gasteiger partial charge in [0, 0.05) is 11.5 Å². The van der Waals surface area contributed by atoms with Crippen LogP contribution in [0, 0.1) is 11.3 Å². The number of aromatic nitrogens is 2. The summed E-state index contributed by atoms with van der Waals surface area (Å²) in [5, 5.41) is 16.3. The van der Waals surface area contributed by atoms with Crippen molar-refractivity contribution in [2.45, 2.75) is 18.8 Å². The third-order valence-electron chi connectivity index (χ3n) is 3.38. The molecule has 1 aromatic carbocycles. The number of nitriles is 1. The van der Waals surface area contributed by atoms with Crippen molar-refractivity contribution in [2.24, 2.45) is 0 Å². The van der Waals surface area contributed by atoms with Crippen molar-refractivity contribution in [2.75, 3.05) is 13.1 Å². The highest BCUT2D eigenvalue weighted by Gasteiger charge is 2.21. The lowest BCUT2D eigenvalue weighted by molar-refractivity contribution is 0.392. The Morgan fingerprint density at radius 2 is 2.16 bits per heavy atom. The van der Waals surface area contributed by atoms with Crippen molar-refractivity contribution in [3.05, 3.63) is 35.7 Å². The number of hydrogen-bond donors (Lipinski definition) is 1. The molecule has 3 rings (SSSR count). The first-order valence-electron chi connectivity index (χ1n) is 6.41. The standard InChI is InChI=1S/C14H14N4O/c15-9-10-2-1-3-12(8-10)14-17-13(18-19-14)11-4-6-16-7-5-11/h1-3,8,11,16H,4-7H2. The van der Waals surface area contributed by atoms with Gasteiger partial charge in [-0.25, -0.2) is 0 Å². The molecule has 5 heteroatoms. The van der Waals surface area contributed by atoms with Crippen LogP contribution in [0.5, 0.6) is 0 Å². The van der Waals surface area contributed by atoms with Gasteiger partial charge in [-0.1, -0.05) is 11.2 Å². The highest BCUT2D eigenvalue weighted by atomic mass is 16.5. The smallest absolute Gasteiger partial charge is 0.257 e. The molecule has 1 fully saturated rings. The highest BCUT2D eigenvalue weighted by Crippen LogP contribution is 2.25. The summed E-state index contributed by atoms with van der Waals surface area (Å²) >= 11 is 0. The molecule has 0 spiro atoms. The van der Waals surface area contributed by atoms with Crippen molar-refractivity contribution in [1.29, 1.82) is 5.26 Å². The maximum atomic E-state index is 8.89. The molecule has 0 radical (unpaired) electrons. The fourth-order valence-corrected chi connectivity index (χ4v) is 2.32. The Hall–Kier alpha value is -2.19. The Morgan fingerprint density at radius 3 is 2.95 bits per heavy atom. The van der Waals surface area contributed by atoms with E-state index in [0.29, 0.717) is 17.4 Å². The lowest BCUT2D eigenvalue weighted by Crippen LogP contribution is -2.27. The van der Waals surface area contributed by atoms with Crippen molar-refractivity contribution in [3.8, 4) is 17.5 Å².